The van der Waals surface area contributed by atoms with E-state index in [-0.39, 0.29) is 12.4 Å². The molecule has 24 heavy (non-hydrogen) atoms. The van der Waals surface area contributed by atoms with Gasteiger partial charge in [-0.1, -0.05) is 0 Å². The number of nitrogen functional groups attached to an aromatic ring is 1. The third-order valence-corrected chi connectivity index (χ3v) is 4.40. The second kappa shape index (κ2) is 5.27. The number of hydrogen-bond acceptors (Lipinski definition) is 9. The van der Waals surface area contributed by atoms with Crippen LogP contribution in [0.1, 0.15) is 25.5 Å². The summed E-state index contributed by atoms with van der Waals surface area (Å²) in [6.45, 7) is -0.598. The molecule has 1 saturated heterocycles. The molecule has 0 unspecified atom stereocenters. The molecule has 2 aliphatic rings. The normalized spacial score (nSPS) is 29.7. The molecule has 1 saturated carbocycles. The zero-order valence-corrected chi connectivity index (χ0v) is 12.8. The number of nitrogens with one attached hydrogen (secondary N) is 1. The minimum atomic E-state index is -1.64. The van der Waals surface area contributed by atoms with Crippen molar-refractivity contribution in [3.05, 3.63) is 6.33 Å². The minimum absolute atomic E-state index is 0.0969. The first-order valence-corrected chi connectivity index (χ1v) is 7.71. The first kappa shape index (κ1) is 15.1. The lowest BCUT2D eigenvalue weighted by molar-refractivity contribution is -0.0904. The molecular formula is C14H17N7O3. The maximum absolute atomic E-state index is 10.1. The van der Waals surface area contributed by atoms with Gasteiger partial charge >= 0.3 is 0 Å². The number of anilines is 2. The molecule has 0 aromatic carbocycles. The standard InChI is InChI=1S/C14H17N7O3/c15-4-14(5-22)8(23)3-9(24-14)21-6-17-10-11(18-7-1-2-7)19-13(16)20-12(10)21/h6-9,22-23H,1-3,5H2,(H3,16,18,19,20)/t8-,9-,14+/m0/s1. The number of aromatic nitrogens is 4. The molecule has 2 aromatic rings. The minimum Gasteiger partial charge on any atom is -0.392 e. The summed E-state index contributed by atoms with van der Waals surface area (Å²) in [6, 6.07) is 2.22. The zero-order valence-electron chi connectivity index (χ0n) is 12.8. The van der Waals surface area contributed by atoms with E-state index in [1.54, 1.807) is 4.57 Å². The van der Waals surface area contributed by atoms with Gasteiger partial charge in [0.05, 0.1) is 12.9 Å². The van der Waals surface area contributed by atoms with Gasteiger partial charge in [0.15, 0.2) is 17.0 Å². The van der Waals surface area contributed by atoms with Gasteiger partial charge in [0.25, 0.3) is 0 Å². The number of fused-ring (bicyclic) bond motifs is 1. The molecule has 2 aromatic heterocycles. The summed E-state index contributed by atoms with van der Waals surface area (Å²) in [6.07, 6.45) is 2.00. The van der Waals surface area contributed by atoms with Crippen LogP contribution in [0.25, 0.3) is 11.2 Å². The fraction of sp³-hybridized carbons (Fsp3) is 0.571. The van der Waals surface area contributed by atoms with Crippen molar-refractivity contribution in [2.75, 3.05) is 17.7 Å². The summed E-state index contributed by atoms with van der Waals surface area (Å²) in [7, 11) is 0. The van der Waals surface area contributed by atoms with Crippen molar-refractivity contribution in [1.29, 1.82) is 5.26 Å². The average Bonchev–Trinajstić information content (AvgIpc) is 3.17. The number of nitrogens with zero attached hydrogens (tertiary/aromatic N) is 5. The van der Waals surface area contributed by atoms with Gasteiger partial charge in [0, 0.05) is 12.5 Å². The summed E-state index contributed by atoms with van der Waals surface area (Å²) in [4.78, 5) is 12.7. The highest BCUT2D eigenvalue weighted by molar-refractivity contribution is 5.84. The van der Waals surface area contributed by atoms with E-state index in [9.17, 15) is 15.5 Å². The predicted molar refractivity (Wildman–Crippen MR) is 82.6 cm³/mol. The summed E-state index contributed by atoms with van der Waals surface area (Å²) >= 11 is 0. The second-order valence-electron chi connectivity index (χ2n) is 6.16. The number of rotatable bonds is 4. The molecule has 3 heterocycles. The molecular weight excluding hydrogens is 314 g/mol. The highest BCUT2D eigenvalue weighted by Gasteiger charge is 2.49. The Morgan fingerprint density at radius 3 is 2.92 bits per heavy atom. The number of imidazole rings is 1. The largest absolute Gasteiger partial charge is 0.392 e. The lowest BCUT2D eigenvalue weighted by atomic mass is 10.00. The highest BCUT2D eigenvalue weighted by atomic mass is 16.6. The maximum Gasteiger partial charge on any atom is 0.224 e. The number of aliphatic hydroxyl groups is 2. The van der Waals surface area contributed by atoms with Crippen LogP contribution in [0.2, 0.25) is 0 Å². The number of nitriles is 1. The van der Waals surface area contributed by atoms with E-state index in [2.05, 4.69) is 20.3 Å². The van der Waals surface area contributed by atoms with Crippen LogP contribution in [0, 0.1) is 11.3 Å². The molecule has 5 N–H and O–H groups in total. The van der Waals surface area contributed by atoms with Crippen LogP contribution in [0.4, 0.5) is 11.8 Å². The van der Waals surface area contributed by atoms with Crippen LogP contribution in [-0.4, -0.2) is 54.1 Å². The fourth-order valence-corrected chi connectivity index (χ4v) is 2.87. The van der Waals surface area contributed by atoms with Gasteiger partial charge in [-0.25, -0.2) is 4.98 Å². The number of aliphatic hydroxyl groups excluding tert-OH is 2. The van der Waals surface area contributed by atoms with Crippen molar-refractivity contribution in [2.45, 2.75) is 43.2 Å². The smallest absolute Gasteiger partial charge is 0.224 e. The number of hydrogen-bond donors (Lipinski definition) is 4. The molecule has 2 fully saturated rings. The second-order valence-corrected chi connectivity index (χ2v) is 6.16. The maximum atomic E-state index is 10.1. The van der Waals surface area contributed by atoms with Crippen molar-refractivity contribution >= 4 is 22.9 Å². The number of nitrogens with two attached hydrogens (primary N) is 1. The summed E-state index contributed by atoms with van der Waals surface area (Å²) in [5.41, 5.74) is 5.15. The molecule has 0 bridgehead atoms. The van der Waals surface area contributed by atoms with Gasteiger partial charge in [0.1, 0.15) is 18.4 Å². The van der Waals surface area contributed by atoms with Crippen LogP contribution in [0.5, 0.6) is 0 Å². The van der Waals surface area contributed by atoms with Crippen LogP contribution >= 0.6 is 0 Å². The highest BCUT2D eigenvalue weighted by Crippen LogP contribution is 2.38. The zero-order chi connectivity index (χ0) is 16.9. The Labute approximate surface area is 136 Å². The van der Waals surface area contributed by atoms with E-state index in [0.29, 0.717) is 23.0 Å². The first-order valence-electron chi connectivity index (χ1n) is 7.71. The fourth-order valence-electron chi connectivity index (χ4n) is 2.87. The summed E-state index contributed by atoms with van der Waals surface area (Å²) < 4.78 is 7.23. The molecule has 0 amide bonds. The Balaban J connectivity index is 1.73. The predicted octanol–water partition coefficient (Wildman–Crippen LogP) is -0.483. The molecule has 1 aliphatic carbocycles. The first-order chi connectivity index (χ1) is 11.6. The Bertz CT molecular complexity index is 828. The molecule has 4 rings (SSSR count). The molecule has 1 aliphatic heterocycles. The Hall–Kier alpha value is -2.48. The van der Waals surface area contributed by atoms with E-state index in [0.717, 1.165) is 12.8 Å². The Morgan fingerprint density at radius 1 is 1.50 bits per heavy atom. The van der Waals surface area contributed by atoms with E-state index in [1.165, 1.54) is 6.33 Å². The van der Waals surface area contributed by atoms with Crippen molar-refractivity contribution in [3.8, 4) is 6.07 Å². The monoisotopic (exact) mass is 331 g/mol. The topological polar surface area (TPSA) is 155 Å². The molecule has 126 valence electrons. The molecule has 10 heteroatoms. The third kappa shape index (κ3) is 2.25. The van der Waals surface area contributed by atoms with Gasteiger partial charge in [-0.2, -0.15) is 15.2 Å². The van der Waals surface area contributed by atoms with Crippen LogP contribution < -0.4 is 11.1 Å². The van der Waals surface area contributed by atoms with Gasteiger partial charge in [0.2, 0.25) is 11.5 Å². The third-order valence-electron chi connectivity index (χ3n) is 4.40. The lowest BCUT2D eigenvalue weighted by Crippen LogP contribution is -2.41. The van der Waals surface area contributed by atoms with Crippen molar-refractivity contribution in [1.82, 2.24) is 19.5 Å². The summed E-state index contributed by atoms with van der Waals surface area (Å²) in [5, 5.41) is 32.0. The van der Waals surface area contributed by atoms with E-state index in [4.69, 9.17) is 10.5 Å². The van der Waals surface area contributed by atoms with E-state index >= 15 is 0 Å². The van der Waals surface area contributed by atoms with E-state index < -0.39 is 24.5 Å². The van der Waals surface area contributed by atoms with Crippen LogP contribution in [0.3, 0.4) is 0 Å². The van der Waals surface area contributed by atoms with Gasteiger partial charge in [-0.15, -0.1) is 0 Å². The molecule has 0 radical (unpaired) electrons. The Kier molecular flexibility index (Phi) is 3.31. The lowest BCUT2D eigenvalue weighted by Gasteiger charge is -2.21. The Morgan fingerprint density at radius 2 is 2.29 bits per heavy atom. The van der Waals surface area contributed by atoms with Crippen molar-refractivity contribution in [3.63, 3.8) is 0 Å². The van der Waals surface area contributed by atoms with Gasteiger partial charge in [-0.3, -0.25) is 4.57 Å². The van der Waals surface area contributed by atoms with Gasteiger partial charge in [-0.05, 0) is 12.8 Å². The number of ether oxygens (including phenoxy) is 1. The van der Waals surface area contributed by atoms with Gasteiger partial charge < -0.3 is 26.0 Å². The molecule has 10 nitrogen and oxygen atoms in total. The SMILES string of the molecule is N#C[C@]1(CO)O[C@H](n2cnc3c(NC4CC4)nc(N)nc32)C[C@@H]1O. The quantitative estimate of drug-likeness (QED) is 0.581. The van der Waals surface area contributed by atoms with Crippen molar-refractivity contribution in [2.24, 2.45) is 0 Å². The molecule has 0 spiro atoms. The van der Waals surface area contributed by atoms with Crippen LogP contribution in [0.15, 0.2) is 6.33 Å². The van der Waals surface area contributed by atoms with Crippen molar-refractivity contribution < 1.29 is 14.9 Å². The van der Waals surface area contributed by atoms with Crippen LogP contribution in [-0.2, 0) is 4.74 Å². The average molecular weight is 331 g/mol. The molecule has 3 atom stereocenters. The summed E-state index contributed by atoms with van der Waals surface area (Å²) in [5.74, 6) is 0.658. The van der Waals surface area contributed by atoms with E-state index in [1.807, 2.05) is 6.07 Å².